The van der Waals surface area contributed by atoms with Crippen LogP contribution in [-0.4, -0.2) is 13.1 Å². The fourth-order valence-corrected chi connectivity index (χ4v) is 3.35. The highest BCUT2D eigenvalue weighted by atomic mass is 14.9. The van der Waals surface area contributed by atoms with E-state index in [1.54, 1.807) is 0 Å². The Morgan fingerprint density at radius 1 is 1.21 bits per heavy atom. The molecular weight excluding hydrogens is 230 g/mol. The summed E-state index contributed by atoms with van der Waals surface area (Å²) in [6, 6.07) is 9.05. The first-order valence-electron chi connectivity index (χ1n) is 7.91. The standard InChI is InChI=1S/C18H29N/c1-14(2)12-19-13-18-9-5-8-17(18)11-16-7-4-6-15(3)10-16/h4,6-7,10,14,17-19H,5,8-9,11-13H2,1-3H3. The summed E-state index contributed by atoms with van der Waals surface area (Å²) < 4.78 is 0. The molecule has 0 radical (unpaired) electrons. The van der Waals surface area contributed by atoms with Gasteiger partial charge in [-0.3, -0.25) is 0 Å². The maximum Gasteiger partial charge on any atom is -0.00176 e. The number of benzene rings is 1. The molecule has 1 aliphatic rings. The van der Waals surface area contributed by atoms with Crippen molar-refractivity contribution in [3.05, 3.63) is 35.4 Å². The molecule has 0 saturated heterocycles. The van der Waals surface area contributed by atoms with Crippen molar-refractivity contribution in [1.82, 2.24) is 5.32 Å². The van der Waals surface area contributed by atoms with Crippen LogP contribution in [0.25, 0.3) is 0 Å². The summed E-state index contributed by atoms with van der Waals surface area (Å²) in [6.45, 7) is 9.14. The van der Waals surface area contributed by atoms with E-state index in [1.165, 1.54) is 43.4 Å². The van der Waals surface area contributed by atoms with Crippen molar-refractivity contribution in [1.29, 1.82) is 0 Å². The Labute approximate surface area is 118 Å². The predicted octanol–water partition coefficient (Wildman–Crippen LogP) is 4.20. The van der Waals surface area contributed by atoms with Crippen molar-refractivity contribution < 1.29 is 0 Å². The average Bonchev–Trinajstić information content (AvgIpc) is 2.76. The lowest BCUT2D eigenvalue weighted by Gasteiger charge is -2.21. The molecule has 1 aliphatic carbocycles. The van der Waals surface area contributed by atoms with Gasteiger partial charge in [-0.05, 0) is 62.6 Å². The van der Waals surface area contributed by atoms with Crippen LogP contribution in [-0.2, 0) is 6.42 Å². The molecule has 1 fully saturated rings. The Balaban J connectivity index is 1.84. The van der Waals surface area contributed by atoms with E-state index in [-0.39, 0.29) is 0 Å². The predicted molar refractivity (Wildman–Crippen MR) is 83.4 cm³/mol. The summed E-state index contributed by atoms with van der Waals surface area (Å²) >= 11 is 0. The van der Waals surface area contributed by atoms with E-state index >= 15 is 0 Å². The van der Waals surface area contributed by atoms with E-state index in [4.69, 9.17) is 0 Å². The van der Waals surface area contributed by atoms with E-state index in [1.807, 2.05) is 0 Å². The van der Waals surface area contributed by atoms with Gasteiger partial charge in [0.25, 0.3) is 0 Å². The highest BCUT2D eigenvalue weighted by molar-refractivity contribution is 5.22. The summed E-state index contributed by atoms with van der Waals surface area (Å²) in [7, 11) is 0. The van der Waals surface area contributed by atoms with Gasteiger partial charge in [-0.2, -0.15) is 0 Å². The molecule has 0 spiro atoms. The zero-order chi connectivity index (χ0) is 13.7. The first kappa shape index (κ1) is 14.6. The summed E-state index contributed by atoms with van der Waals surface area (Å²) in [5, 5.41) is 3.65. The molecule has 1 aromatic carbocycles. The minimum atomic E-state index is 0.761. The van der Waals surface area contributed by atoms with Crippen molar-refractivity contribution in [2.75, 3.05) is 13.1 Å². The normalized spacial score (nSPS) is 23.2. The van der Waals surface area contributed by atoms with Crippen molar-refractivity contribution in [2.24, 2.45) is 17.8 Å². The summed E-state index contributed by atoms with van der Waals surface area (Å²) in [6.07, 6.45) is 5.53. The lowest BCUT2D eigenvalue weighted by atomic mass is 9.89. The summed E-state index contributed by atoms with van der Waals surface area (Å²) in [5.74, 6) is 2.54. The van der Waals surface area contributed by atoms with Gasteiger partial charge in [0.05, 0.1) is 0 Å². The zero-order valence-electron chi connectivity index (χ0n) is 12.8. The largest absolute Gasteiger partial charge is 0.316 e. The van der Waals surface area contributed by atoms with E-state index in [2.05, 4.69) is 50.4 Å². The quantitative estimate of drug-likeness (QED) is 0.807. The molecule has 19 heavy (non-hydrogen) atoms. The number of hydrogen-bond donors (Lipinski definition) is 1. The fraction of sp³-hybridized carbons (Fsp3) is 0.667. The third-order valence-corrected chi connectivity index (χ3v) is 4.36. The molecule has 1 saturated carbocycles. The van der Waals surface area contributed by atoms with Crippen molar-refractivity contribution in [2.45, 2.75) is 46.5 Å². The summed E-state index contributed by atoms with van der Waals surface area (Å²) in [5.41, 5.74) is 2.92. The van der Waals surface area contributed by atoms with Crippen LogP contribution in [0.1, 0.15) is 44.2 Å². The Kier molecular flexibility index (Phi) is 5.45. The molecule has 2 unspecified atom stereocenters. The molecular formula is C18H29N. The van der Waals surface area contributed by atoms with Gasteiger partial charge in [-0.25, -0.2) is 0 Å². The monoisotopic (exact) mass is 259 g/mol. The van der Waals surface area contributed by atoms with Crippen LogP contribution in [0.2, 0.25) is 0 Å². The Hall–Kier alpha value is -0.820. The lowest BCUT2D eigenvalue weighted by molar-refractivity contribution is 0.357. The Morgan fingerprint density at radius 2 is 2.00 bits per heavy atom. The van der Waals surface area contributed by atoms with Crippen LogP contribution in [0.3, 0.4) is 0 Å². The van der Waals surface area contributed by atoms with Crippen molar-refractivity contribution in [3.63, 3.8) is 0 Å². The van der Waals surface area contributed by atoms with Crippen LogP contribution in [0.15, 0.2) is 24.3 Å². The molecule has 2 atom stereocenters. The fourth-order valence-electron chi connectivity index (χ4n) is 3.35. The van der Waals surface area contributed by atoms with E-state index < -0.39 is 0 Å². The third kappa shape index (κ3) is 4.65. The summed E-state index contributed by atoms with van der Waals surface area (Å²) in [4.78, 5) is 0. The molecule has 0 aliphatic heterocycles. The topological polar surface area (TPSA) is 12.0 Å². The second-order valence-electron chi connectivity index (χ2n) is 6.70. The molecule has 0 bridgehead atoms. The highest BCUT2D eigenvalue weighted by Crippen LogP contribution is 2.33. The van der Waals surface area contributed by atoms with Gasteiger partial charge in [0.15, 0.2) is 0 Å². The average molecular weight is 259 g/mol. The van der Waals surface area contributed by atoms with Crippen LogP contribution >= 0.6 is 0 Å². The molecule has 1 heteroatoms. The molecule has 1 aromatic rings. The molecule has 0 heterocycles. The zero-order valence-corrected chi connectivity index (χ0v) is 12.8. The Bertz CT molecular complexity index is 383. The van der Waals surface area contributed by atoms with Crippen LogP contribution in [0, 0.1) is 24.7 Å². The van der Waals surface area contributed by atoms with Crippen molar-refractivity contribution in [3.8, 4) is 0 Å². The van der Waals surface area contributed by atoms with E-state index in [0.29, 0.717) is 0 Å². The molecule has 0 aromatic heterocycles. The molecule has 2 rings (SSSR count). The lowest BCUT2D eigenvalue weighted by Crippen LogP contribution is -2.28. The highest BCUT2D eigenvalue weighted by Gasteiger charge is 2.26. The second kappa shape index (κ2) is 7.09. The van der Waals surface area contributed by atoms with Gasteiger partial charge >= 0.3 is 0 Å². The number of aryl methyl sites for hydroxylation is 1. The first-order chi connectivity index (χ1) is 9.15. The van der Waals surface area contributed by atoms with E-state index in [0.717, 1.165) is 24.3 Å². The number of hydrogen-bond acceptors (Lipinski definition) is 1. The third-order valence-electron chi connectivity index (χ3n) is 4.36. The van der Waals surface area contributed by atoms with Crippen molar-refractivity contribution >= 4 is 0 Å². The molecule has 106 valence electrons. The van der Waals surface area contributed by atoms with E-state index in [9.17, 15) is 0 Å². The number of nitrogens with one attached hydrogen (secondary N) is 1. The van der Waals surface area contributed by atoms with Gasteiger partial charge in [-0.15, -0.1) is 0 Å². The molecule has 1 nitrogen and oxygen atoms in total. The second-order valence-corrected chi connectivity index (χ2v) is 6.70. The maximum absolute atomic E-state index is 3.65. The molecule has 1 N–H and O–H groups in total. The van der Waals surface area contributed by atoms with Crippen LogP contribution in [0.4, 0.5) is 0 Å². The number of rotatable bonds is 6. The first-order valence-corrected chi connectivity index (χ1v) is 7.91. The smallest absolute Gasteiger partial charge is 0.00176 e. The minimum absolute atomic E-state index is 0.761. The van der Waals surface area contributed by atoms with Crippen LogP contribution < -0.4 is 5.32 Å². The van der Waals surface area contributed by atoms with Gasteiger partial charge in [0.2, 0.25) is 0 Å². The van der Waals surface area contributed by atoms with Gasteiger partial charge in [0.1, 0.15) is 0 Å². The maximum atomic E-state index is 3.65. The van der Waals surface area contributed by atoms with Gasteiger partial charge in [-0.1, -0.05) is 50.1 Å². The molecule has 0 amide bonds. The van der Waals surface area contributed by atoms with Gasteiger partial charge < -0.3 is 5.32 Å². The Morgan fingerprint density at radius 3 is 2.74 bits per heavy atom. The van der Waals surface area contributed by atoms with Gasteiger partial charge in [0, 0.05) is 0 Å². The minimum Gasteiger partial charge on any atom is -0.316 e. The van der Waals surface area contributed by atoms with Crippen LogP contribution in [0.5, 0.6) is 0 Å². The SMILES string of the molecule is Cc1cccc(CC2CCCC2CNCC(C)C)c1.